The van der Waals surface area contributed by atoms with Crippen LogP contribution < -0.4 is 4.74 Å². The van der Waals surface area contributed by atoms with Gasteiger partial charge in [0.25, 0.3) is 0 Å². The van der Waals surface area contributed by atoms with E-state index < -0.39 is 5.97 Å². The molecule has 0 atom stereocenters. The van der Waals surface area contributed by atoms with Crippen molar-refractivity contribution in [1.82, 2.24) is 14.5 Å². The normalized spacial score (nSPS) is 10.9. The number of fused-ring (bicyclic) bond motifs is 1. The van der Waals surface area contributed by atoms with Gasteiger partial charge in [0.05, 0.1) is 36.2 Å². The number of carboxylic acid groups (broad SMARTS) is 1. The highest BCUT2D eigenvalue weighted by atomic mass is 16.5. The highest BCUT2D eigenvalue weighted by molar-refractivity contribution is 5.81. The first-order chi connectivity index (χ1) is 11.6. The van der Waals surface area contributed by atoms with E-state index in [1.165, 1.54) is 0 Å². The van der Waals surface area contributed by atoms with Gasteiger partial charge in [-0.3, -0.25) is 9.55 Å². The first-order valence-corrected chi connectivity index (χ1v) is 7.36. The molecule has 0 bridgehead atoms. The smallest absolute Gasteiger partial charge is 0.329 e. The van der Waals surface area contributed by atoms with Gasteiger partial charge >= 0.3 is 5.97 Å². The van der Waals surface area contributed by atoms with Crippen molar-refractivity contribution in [3.05, 3.63) is 48.0 Å². The zero-order valence-corrected chi connectivity index (χ0v) is 13.4. The number of hydrogen-bond donors (Lipinski definition) is 1. The molecule has 2 aromatic heterocycles. The van der Waals surface area contributed by atoms with Gasteiger partial charge < -0.3 is 14.6 Å². The number of imidazole rings is 1. The number of methoxy groups -OCH3 is 1. The molecule has 3 rings (SSSR count). The maximum absolute atomic E-state index is 10.7. The van der Waals surface area contributed by atoms with Gasteiger partial charge in [-0.05, 0) is 18.6 Å². The lowest BCUT2D eigenvalue weighted by molar-refractivity contribution is -0.142. The van der Waals surface area contributed by atoms with Gasteiger partial charge in [0.2, 0.25) is 0 Å². The molecule has 1 N–H and O–H groups in total. The lowest BCUT2D eigenvalue weighted by atomic mass is 10.2. The summed E-state index contributed by atoms with van der Waals surface area (Å²) in [6.45, 7) is 1.68. The molecule has 0 saturated heterocycles. The van der Waals surface area contributed by atoms with E-state index >= 15 is 0 Å². The quantitative estimate of drug-likeness (QED) is 0.748. The van der Waals surface area contributed by atoms with Crippen LogP contribution in [0.25, 0.3) is 16.7 Å². The first kappa shape index (κ1) is 15.9. The van der Waals surface area contributed by atoms with Gasteiger partial charge in [-0.15, -0.1) is 0 Å². The number of carbonyl (C=O) groups is 1. The Morgan fingerprint density at radius 2 is 2.17 bits per heavy atom. The van der Waals surface area contributed by atoms with Crippen LogP contribution in [0.5, 0.6) is 5.75 Å². The Kier molecular flexibility index (Phi) is 4.43. The van der Waals surface area contributed by atoms with Crippen LogP contribution in [-0.2, 0) is 16.1 Å². The highest BCUT2D eigenvalue weighted by Gasteiger charge is 2.15. The molecular formula is C17H17N3O4. The van der Waals surface area contributed by atoms with E-state index in [1.54, 1.807) is 19.5 Å². The third-order valence-corrected chi connectivity index (χ3v) is 3.61. The minimum absolute atomic E-state index is 0.0810. The average Bonchev–Trinajstić information content (AvgIpc) is 2.94. The van der Waals surface area contributed by atoms with E-state index in [2.05, 4.69) is 9.97 Å². The Morgan fingerprint density at radius 3 is 2.92 bits per heavy atom. The molecule has 0 aliphatic rings. The molecular weight excluding hydrogens is 310 g/mol. The second kappa shape index (κ2) is 6.67. The number of benzene rings is 1. The number of aryl methyl sites for hydroxylation is 1. The Hall–Kier alpha value is -2.93. The Bertz CT molecular complexity index is 889. The third kappa shape index (κ3) is 3.07. The molecule has 124 valence electrons. The number of aliphatic carboxylic acids is 1. The molecule has 24 heavy (non-hydrogen) atoms. The lowest BCUT2D eigenvalue weighted by Gasteiger charge is -2.10. The van der Waals surface area contributed by atoms with Crippen LogP contribution in [0.3, 0.4) is 0 Å². The summed E-state index contributed by atoms with van der Waals surface area (Å²) in [5, 5.41) is 8.75. The molecule has 1 aromatic carbocycles. The van der Waals surface area contributed by atoms with Crippen molar-refractivity contribution in [3.63, 3.8) is 0 Å². The highest BCUT2D eigenvalue weighted by Crippen LogP contribution is 2.25. The monoisotopic (exact) mass is 327 g/mol. The van der Waals surface area contributed by atoms with Crippen LogP contribution in [0.1, 0.15) is 11.4 Å². The molecule has 2 heterocycles. The fourth-order valence-electron chi connectivity index (χ4n) is 2.54. The Morgan fingerprint density at radius 1 is 1.33 bits per heavy atom. The molecule has 7 heteroatoms. The molecule has 0 spiro atoms. The molecule has 0 unspecified atom stereocenters. The summed E-state index contributed by atoms with van der Waals surface area (Å²) in [6.07, 6.45) is 3.32. The predicted octanol–water partition coefficient (Wildman–Crippen LogP) is 2.34. The molecule has 3 aromatic rings. The van der Waals surface area contributed by atoms with Crippen molar-refractivity contribution in [2.45, 2.75) is 13.5 Å². The van der Waals surface area contributed by atoms with Crippen molar-refractivity contribution in [1.29, 1.82) is 0 Å². The molecule has 0 aliphatic heterocycles. The molecule has 0 aliphatic carbocycles. The van der Waals surface area contributed by atoms with Gasteiger partial charge in [-0.25, -0.2) is 9.78 Å². The standard InChI is InChI=1S/C17H17N3O4/c1-11-4-3-5-14-17(11)19-15(9-24-10-16(21)22)20(14)12-6-13(23-2)8-18-7-12/h3-8H,9-10H2,1-2H3,(H,21,22). The second-order valence-electron chi connectivity index (χ2n) is 5.28. The lowest BCUT2D eigenvalue weighted by Crippen LogP contribution is -2.10. The summed E-state index contributed by atoms with van der Waals surface area (Å²) in [5.41, 5.74) is 3.55. The predicted molar refractivity (Wildman–Crippen MR) is 87.4 cm³/mol. The van der Waals surface area contributed by atoms with Crippen molar-refractivity contribution in [2.24, 2.45) is 0 Å². The largest absolute Gasteiger partial charge is 0.495 e. The fourth-order valence-corrected chi connectivity index (χ4v) is 2.54. The zero-order chi connectivity index (χ0) is 17.1. The fraction of sp³-hybridized carbons (Fsp3) is 0.235. The number of aromatic nitrogens is 3. The zero-order valence-electron chi connectivity index (χ0n) is 13.4. The minimum Gasteiger partial charge on any atom is -0.495 e. The summed E-state index contributed by atoms with van der Waals surface area (Å²) in [5.74, 6) is 0.215. The van der Waals surface area contributed by atoms with Gasteiger partial charge in [-0.2, -0.15) is 0 Å². The van der Waals surface area contributed by atoms with Gasteiger partial charge in [0.1, 0.15) is 24.8 Å². The van der Waals surface area contributed by atoms with Crippen LogP contribution in [0.2, 0.25) is 0 Å². The van der Waals surface area contributed by atoms with Crippen LogP contribution in [0, 0.1) is 6.92 Å². The van der Waals surface area contributed by atoms with Gasteiger partial charge in [0.15, 0.2) is 0 Å². The Balaban J connectivity index is 2.11. The second-order valence-corrected chi connectivity index (χ2v) is 5.28. The number of carboxylic acids is 1. The van der Waals surface area contributed by atoms with E-state index in [-0.39, 0.29) is 13.2 Å². The first-order valence-electron chi connectivity index (χ1n) is 7.36. The van der Waals surface area contributed by atoms with Gasteiger partial charge in [-0.1, -0.05) is 12.1 Å². The Labute approximate surface area is 138 Å². The van der Waals surface area contributed by atoms with Crippen molar-refractivity contribution in [2.75, 3.05) is 13.7 Å². The number of para-hydroxylation sites is 1. The number of rotatable bonds is 6. The molecule has 0 amide bonds. The topological polar surface area (TPSA) is 86.5 Å². The molecule has 7 nitrogen and oxygen atoms in total. The molecule has 0 radical (unpaired) electrons. The van der Waals surface area contributed by atoms with Crippen molar-refractivity contribution < 1.29 is 19.4 Å². The maximum atomic E-state index is 10.7. The van der Waals surface area contributed by atoms with E-state index in [0.29, 0.717) is 11.6 Å². The van der Waals surface area contributed by atoms with E-state index in [0.717, 1.165) is 22.3 Å². The summed E-state index contributed by atoms with van der Waals surface area (Å²) < 4.78 is 12.4. The van der Waals surface area contributed by atoms with Crippen LogP contribution in [-0.4, -0.2) is 39.3 Å². The van der Waals surface area contributed by atoms with E-state index in [4.69, 9.17) is 14.6 Å². The summed E-state index contributed by atoms with van der Waals surface area (Å²) in [4.78, 5) is 19.5. The summed E-state index contributed by atoms with van der Waals surface area (Å²) in [6, 6.07) is 7.73. The van der Waals surface area contributed by atoms with Crippen LogP contribution in [0.15, 0.2) is 36.7 Å². The van der Waals surface area contributed by atoms with Gasteiger partial charge in [0, 0.05) is 6.07 Å². The number of ether oxygens (including phenoxy) is 2. The summed E-state index contributed by atoms with van der Waals surface area (Å²) in [7, 11) is 1.58. The van der Waals surface area contributed by atoms with E-state index in [9.17, 15) is 4.79 Å². The van der Waals surface area contributed by atoms with E-state index in [1.807, 2.05) is 35.8 Å². The van der Waals surface area contributed by atoms with Crippen LogP contribution in [0.4, 0.5) is 0 Å². The minimum atomic E-state index is -1.02. The number of nitrogens with zero attached hydrogens (tertiary/aromatic N) is 3. The average molecular weight is 327 g/mol. The van der Waals surface area contributed by atoms with Crippen molar-refractivity contribution >= 4 is 17.0 Å². The maximum Gasteiger partial charge on any atom is 0.329 e. The third-order valence-electron chi connectivity index (χ3n) is 3.61. The number of hydrogen-bond acceptors (Lipinski definition) is 5. The molecule has 0 fully saturated rings. The SMILES string of the molecule is COc1cncc(-n2c(COCC(=O)O)nc3c(C)cccc32)c1. The summed E-state index contributed by atoms with van der Waals surface area (Å²) >= 11 is 0. The molecule has 0 saturated carbocycles. The van der Waals surface area contributed by atoms with Crippen molar-refractivity contribution in [3.8, 4) is 11.4 Å². The number of pyridine rings is 1. The van der Waals surface area contributed by atoms with Crippen LogP contribution >= 0.6 is 0 Å².